The summed E-state index contributed by atoms with van der Waals surface area (Å²) in [7, 11) is 0. The molecule has 132 valence electrons. The Hall–Kier alpha value is -0.770. The number of hydrogen-bond acceptors (Lipinski definition) is 3. The molecule has 1 saturated heterocycles. The number of nitrogens with one attached hydrogen (secondary N) is 1. The second kappa shape index (κ2) is 6.62. The number of ether oxygens (including phenoxy) is 1. The molecule has 3 aliphatic rings. The Bertz CT molecular complexity index is 432. The van der Waals surface area contributed by atoms with E-state index in [0.717, 1.165) is 43.7 Å². The number of carbonyl (C=O) groups excluding carboxylic acids is 1. The lowest BCUT2D eigenvalue weighted by atomic mass is 9.84. The number of nitrogens with zero attached hydrogens (tertiary/aromatic N) is 1. The summed E-state index contributed by atoms with van der Waals surface area (Å²) < 4.78 is 5.56. The zero-order chi connectivity index (χ0) is 16.6. The SMILES string of the molecule is CC(NCC1CCCN1C(=O)OC(C)(C)C)C1CC2CCC1C2. The van der Waals surface area contributed by atoms with Crippen molar-refractivity contribution in [3.63, 3.8) is 0 Å². The highest BCUT2D eigenvalue weighted by molar-refractivity contribution is 5.69. The first-order chi connectivity index (χ1) is 10.8. The molecule has 4 nitrogen and oxygen atoms in total. The van der Waals surface area contributed by atoms with Gasteiger partial charge in [-0.1, -0.05) is 6.42 Å². The molecule has 23 heavy (non-hydrogen) atoms. The van der Waals surface area contributed by atoms with Gasteiger partial charge in [0.15, 0.2) is 0 Å². The second-order valence-corrected chi connectivity index (χ2v) is 9.01. The van der Waals surface area contributed by atoms with Crippen molar-refractivity contribution in [2.75, 3.05) is 13.1 Å². The molecule has 0 aromatic heterocycles. The molecule has 1 N–H and O–H groups in total. The molecular formula is C19H34N2O2. The molecule has 1 amide bonds. The van der Waals surface area contributed by atoms with Crippen LogP contribution < -0.4 is 5.32 Å². The van der Waals surface area contributed by atoms with Crippen molar-refractivity contribution >= 4 is 6.09 Å². The average molecular weight is 322 g/mol. The molecular weight excluding hydrogens is 288 g/mol. The Morgan fingerprint density at radius 1 is 1.26 bits per heavy atom. The van der Waals surface area contributed by atoms with E-state index in [4.69, 9.17) is 4.74 Å². The fourth-order valence-electron chi connectivity index (χ4n) is 4.99. The minimum atomic E-state index is -0.409. The molecule has 5 unspecified atom stereocenters. The molecule has 5 atom stereocenters. The van der Waals surface area contributed by atoms with E-state index in [1.165, 1.54) is 25.7 Å². The third-order valence-electron chi connectivity index (χ3n) is 6.12. The van der Waals surface area contributed by atoms with E-state index in [2.05, 4.69) is 12.2 Å². The van der Waals surface area contributed by atoms with Crippen LogP contribution in [0.5, 0.6) is 0 Å². The van der Waals surface area contributed by atoms with Gasteiger partial charge in [-0.3, -0.25) is 0 Å². The Kier molecular flexibility index (Phi) is 4.91. The summed E-state index contributed by atoms with van der Waals surface area (Å²) in [5.41, 5.74) is -0.409. The van der Waals surface area contributed by atoms with Gasteiger partial charge in [-0.05, 0) is 77.6 Å². The van der Waals surface area contributed by atoms with Crippen LogP contribution in [0.1, 0.15) is 66.2 Å². The molecule has 4 heteroatoms. The maximum absolute atomic E-state index is 12.4. The third kappa shape index (κ3) is 4.01. The first-order valence-electron chi connectivity index (χ1n) is 9.56. The Morgan fingerprint density at radius 3 is 2.65 bits per heavy atom. The summed E-state index contributed by atoms with van der Waals surface area (Å²) in [4.78, 5) is 14.3. The summed E-state index contributed by atoms with van der Waals surface area (Å²) in [6, 6.07) is 0.872. The van der Waals surface area contributed by atoms with Crippen LogP contribution >= 0.6 is 0 Å². The standard InChI is InChI=1S/C19H34N2O2/c1-13(17-11-14-7-8-15(17)10-14)20-12-16-6-5-9-21(16)18(22)23-19(2,3)4/h13-17,20H,5-12H2,1-4H3. The maximum atomic E-state index is 12.4. The summed E-state index contributed by atoms with van der Waals surface area (Å²) in [6.45, 7) is 9.90. The summed E-state index contributed by atoms with van der Waals surface area (Å²) in [5, 5.41) is 3.75. The lowest BCUT2D eigenvalue weighted by molar-refractivity contribution is 0.0223. The van der Waals surface area contributed by atoms with Gasteiger partial charge in [-0.25, -0.2) is 4.79 Å². The van der Waals surface area contributed by atoms with Gasteiger partial charge in [0.05, 0.1) is 0 Å². The van der Waals surface area contributed by atoms with Crippen molar-refractivity contribution in [3.05, 3.63) is 0 Å². The van der Waals surface area contributed by atoms with Crippen LogP contribution in [0.3, 0.4) is 0 Å². The van der Waals surface area contributed by atoms with Crippen molar-refractivity contribution in [2.45, 2.75) is 83.9 Å². The number of rotatable bonds is 4. The molecule has 1 heterocycles. The van der Waals surface area contributed by atoms with Crippen molar-refractivity contribution < 1.29 is 9.53 Å². The van der Waals surface area contributed by atoms with Crippen LogP contribution in [0, 0.1) is 17.8 Å². The first-order valence-corrected chi connectivity index (χ1v) is 9.56. The van der Waals surface area contributed by atoms with Gasteiger partial charge in [-0.15, -0.1) is 0 Å². The van der Waals surface area contributed by atoms with Gasteiger partial charge in [-0.2, -0.15) is 0 Å². The van der Waals surface area contributed by atoms with Crippen LogP contribution in [0.4, 0.5) is 4.79 Å². The highest BCUT2D eigenvalue weighted by Gasteiger charge is 2.42. The van der Waals surface area contributed by atoms with E-state index in [1.54, 1.807) is 0 Å². The Labute approximate surface area is 141 Å². The molecule has 0 aromatic carbocycles. The molecule has 2 aliphatic carbocycles. The quantitative estimate of drug-likeness (QED) is 0.856. The predicted molar refractivity (Wildman–Crippen MR) is 92.4 cm³/mol. The Morgan fingerprint density at radius 2 is 2.04 bits per heavy atom. The molecule has 1 aliphatic heterocycles. The maximum Gasteiger partial charge on any atom is 0.410 e. The van der Waals surface area contributed by atoms with Crippen LogP contribution in [0.15, 0.2) is 0 Å². The molecule has 0 radical (unpaired) electrons. The zero-order valence-corrected chi connectivity index (χ0v) is 15.3. The summed E-state index contributed by atoms with van der Waals surface area (Å²) >= 11 is 0. The van der Waals surface area contributed by atoms with E-state index in [1.807, 2.05) is 25.7 Å². The number of carbonyl (C=O) groups is 1. The van der Waals surface area contributed by atoms with E-state index in [0.29, 0.717) is 12.1 Å². The number of amides is 1. The fraction of sp³-hybridized carbons (Fsp3) is 0.947. The molecule has 2 bridgehead atoms. The third-order valence-corrected chi connectivity index (χ3v) is 6.12. The van der Waals surface area contributed by atoms with Crippen LogP contribution in [0.25, 0.3) is 0 Å². The topological polar surface area (TPSA) is 41.6 Å². The highest BCUT2D eigenvalue weighted by Crippen LogP contribution is 2.49. The molecule has 2 saturated carbocycles. The van der Waals surface area contributed by atoms with Gasteiger partial charge in [0.2, 0.25) is 0 Å². The minimum absolute atomic E-state index is 0.144. The van der Waals surface area contributed by atoms with E-state index >= 15 is 0 Å². The summed E-state index contributed by atoms with van der Waals surface area (Å²) in [5.74, 6) is 2.80. The van der Waals surface area contributed by atoms with E-state index in [-0.39, 0.29) is 6.09 Å². The first kappa shape index (κ1) is 17.1. The van der Waals surface area contributed by atoms with Crippen molar-refractivity contribution in [1.29, 1.82) is 0 Å². The van der Waals surface area contributed by atoms with Gasteiger partial charge in [0.25, 0.3) is 0 Å². The molecule has 0 aromatic rings. The fourth-order valence-corrected chi connectivity index (χ4v) is 4.99. The van der Waals surface area contributed by atoms with E-state index in [9.17, 15) is 4.79 Å². The molecule has 3 fully saturated rings. The van der Waals surface area contributed by atoms with Crippen molar-refractivity contribution in [2.24, 2.45) is 17.8 Å². The molecule has 3 rings (SSSR count). The van der Waals surface area contributed by atoms with Gasteiger partial charge >= 0.3 is 6.09 Å². The predicted octanol–water partition coefficient (Wildman–Crippen LogP) is 3.80. The number of fused-ring (bicyclic) bond motifs is 2. The monoisotopic (exact) mass is 322 g/mol. The highest BCUT2D eigenvalue weighted by atomic mass is 16.6. The smallest absolute Gasteiger partial charge is 0.410 e. The van der Waals surface area contributed by atoms with Crippen molar-refractivity contribution in [1.82, 2.24) is 10.2 Å². The van der Waals surface area contributed by atoms with Crippen LogP contribution in [-0.4, -0.2) is 41.8 Å². The largest absolute Gasteiger partial charge is 0.444 e. The Balaban J connectivity index is 1.48. The lowest BCUT2D eigenvalue weighted by Gasteiger charge is -2.32. The van der Waals surface area contributed by atoms with Gasteiger partial charge in [0.1, 0.15) is 5.60 Å². The number of hydrogen-bond donors (Lipinski definition) is 1. The van der Waals surface area contributed by atoms with Crippen LogP contribution in [0.2, 0.25) is 0 Å². The molecule has 0 spiro atoms. The van der Waals surface area contributed by atoms with Gasteiger partial charge < -0.3 is 15.0 Å². The second-order valence-electron chi connectivity index (χ2n) is 9.01. The number of likely N-dealkylation sites (tertiary alicyclic amines) is 1. The zero-order valence-electron chi connectivity index (χ0n) is 15.3. The average Bonchev–Trinajstić information content (AvgIpc) is 3.18. The normalized spacial score (nSPS) is 34.9. The van der Waals surface area contributed by atoms with Crippen LogP contribution in [-0.2, 0) is 4.74 Å². The lowest BCUT2D eigenvalue weighted by Crippen LogP contribution is -2.47. The van der Waals surface area contributed by atoms with E-state index < -0.39 is 5.60 Å². The minimum Gasteiger partial charge on any atom is -0.444 e. The van der Waals surface area contributed by atoms with Crippen molar-refractivity contribution in [3.8, 4) is 0 Å². The summed E-state index contributed by atoms with van der Waals surface area (Å²) in [6.07, 6.45) is 7.82. The van der Waals surface area contributed by atoms with Gasteiger partial charge in [0, 0.05) is 25.2 Å².